The Balaban J connectivity index is 1.86. The molecule has 1 aliphatic rings. The van der Waals surface area contributed by atoms with Crippen LogP contribution in [0.3, 0.4) is 0 Å². The lowest BCUT2D eigenvalue weighted by molar-refractivity contribution is 0.0998. The van der Waals surface area contributed by atoms with Gasteiger partial charge < -0.3 is 10.1 Å². The van der Waals surface area contributed by atoms with E-state index < -0.39 is 0 Å². The summed E-state index contributed by atoms with van der Waals surface area (Å²) < 4.78 is 7.64. The molecule has 96 valence electrons. The largest absolute Gasteiger partial charge is 0.378 e. The maximum Gasteiger partial charge on any atom is 0.0576 e. The van der Waals surface area contributed by atoms with Crippen molar-refractivity contribution >= 4 is 0 Å². The Labute approximate surface area is 103 Å². The van der Waals surface area contributed by atoms with Crippen molar-refractivity contribution in [3.63, 3.8) is 0 Å². The standard InChI is InChI=1S/C13H23N3O/c1-3-16-10-11(9-15-16)13(14-2)7-6-12-5-4-8-17-12/h9-10,12-14H,3-8H2,1-2H3. The number of aryl methyl sites for hydroxylation is 1. The molecule has 1 fully saturated rings. The van der Waals surface area contributed by atoms with Crippen molar-refractivity contribution in [3.8, 4) is 0 Å². The number of hydrogen-bond donors (Lipinski definition) is 1. The molecule has 1 aromatic rings. The molecule has 0 bridgehead atoms. The second-order valence-electron chi connectivity index (χ2n) is 4.68. The lowest BCUT2D eigenvalue weighted by atomic mass is 10.0. The fourth-order valence-electron chi connectivity index (χ4n) is 2.43. The average molecular weight is 237 g/mol. The Hall–Kier alpha value is -0.870. The van der Waals surface area contributed by atoms with E-state index in [1.54, 1.807) is 0 Å². The van der Waals surface area contributed by atoms with Gasteiger partial charge in [0.15, 0.2) is 0 Å². The third kappa shape index (κ3) is 3.30. The van der Waals surface area contributed by atoms with E-state index in [1.165, 1.54) is 18.4 Å². The minimum absolute atomic E-state index is 0.402. The van der Waals surface area contributed by atoms with Crippen LogP contribution in [0.25, 0.3) is 0 Å². The fourth-order valence-corrected chi connectivity index (χ4v) is 2.43. The highest BCUT2D eigenvalue weighted by Gasteiger charge is 2.18. The molecule has 1 aliphatic heterocycles. The third-order valence-corrected chi connectivity index (χ3v) is 3.53. The van der Waals surface area contributed by atoms with E-state index in [0.717, 1.165) is 26.0 Å². The first kappa shape index (κ1) is 12.6. The summed E-state index contributed by atoms with van der Waals surface area (Å²) in [6, 6.07) is 0.402. The van der Waals surface area contributed by atoms with Crippen LogP contribution in [0.4, 0.5) is 0 Å². The van der Waals surface area contributed by atoms with E-state index in [2.05, 4.69) is 23.5 Å². The zero-order valence-electron chi connectivity index (χ0n) is 10.9. The summed E-state index contributed by atoms with van der Waals surface area (Å²) in [4.78, 5) is 0. The molecule has 0 amide bonds. The first-order valence-electron chi connectivity index (χ1n) is 6.64. The fraction of sp³-hybridized carbons (Fsp3) is 0.769. The van der Waals surface area contributed by atoms with Gasteiger partial charge in [-0.05, 0) is 39.7 Å². The second kappa shape index (κ2) is 6.17. The van der Waals surface area contributed by atoms with Gasteiger partial charge in [-0.3, -0.25) is 4.68 Å². The van der Waals surface area contributed by atoms with Crippen LogP contribution in [0.2, 0.25) is 0 Å². The molecular weight excluding hydrogens is 214 g/mol. The van der Waals surface area contributed by atoms with Gasteiger partial charge in [0.25, 0.3) is 0 Å². The highest BCUT2D eigenvalue weighted by atomic mass is 16.5. The van der Waals surface area contributed by atoms with E-state index in [-0.39, 0.29) is 0 Å². The van der Waals surface area contributed by atoms with Crippen molar-refractivity contribution in [2.45, 2.75) is 51.3 Å². The molecule has 0 aliphatic carbocycles. The Morgan fingerprint density at radius 2 is 2.53 bits per heavy atom. The van der Waals surface area contributed by atoms with Crippen LogP contribution >= 0.6 is 0 Å². The summed E-state index contributed by atoms with van der Waals surface area (Å²) in [6.07, 6.45) is 9.30. The zero-order valence-corrected chi connectivity index (χ0v) is 10.9. The van der Waals surface area contributed by atoms with Crippen LogP contribution in [-0.4, -0.2) is 29.5 Å². The van der Waals surface area contributed by atoms with E-state index in [9.17, 15) is 0 Å². The Kier molecular flexibility index (Phi) is 4.57. The summed E-state index contributed by atoms with van der Waals surface area (Å²) >= 11 is 0. The number of ether oxygens (including phenoxy) is 1. The number of nitrogens with one attached hydrogen (secondary N) is 1. The summed E-state index contributed by atoms with van der Waals surface area (Å²) in [6.45, 7) is 3.99. The molecule has 4 nitrogen and oxygen atoms in total. The zero-order chi connectivity index (χ0) is 12.1. The number of aromatic nitrogens is 2. The molecule has 0 radical (unpaired) electrons. The van der Waals surface area contributed by atoms with Gasteiger partial charge in [0.1, 0.15) is 0 Å². The number of nitrogens with zero attached hydrogens (tertiary/aromatic N) is 2. The Morgan fingerprint density at radius 1 is 1.65 bits per heavy atom. The first-order chi connectivity index (χ1) is 8.33. The van der Waals surface area contributed by atoms with Gasteiger partial charge in [-0.1, -0.05) is 0 Å². The lowest BCUT2D eigenvalue weighted by Gasteiger charge is -2.16. The van der Waals surface area contributed by atoms with Crippen LogP contribution in [0.15, 0.2) is 12.4 Å². The number of rotatable bonds is 6. The van der Waals surface area contributed by atoms with Gasteiger partial charge in [0.05, 0.1) is 12.3 Å². The molecule has 1 aromatic heterocycles. The van der Waals surface area contributed by atoms with Crippen LogP contribution in [-0.2, 0) is 11.3 Å². The molecule has 0 aromatic carbocycles. The normalized spacial score (nSPS) is 21.9. The average Bonchev–Trinajstić information content (AvgIpc) is 3.00. The first-order valence-corrected chi connectivity index (χ1v) is 6.64. The van der Waals surface area contributed by atoms with E-state index in [1.807, 2.05) is 17.9 Å². The maximum atomic E-state index is 5.66. The molecule has 0 saturated carbocycles. The van der Waals surface area contributed by atoms with Gasteiger partial charge in [-0.15, -0.1) is 0 Å². The summed E-state index contributed by atoms with van der Waals surface area (Å²) in [5, 5.41) is 7.70. The third-order valence-electron chi connectivity index (χ3n) is 3.53. The van der Waals surface area contributed by atoms with Gasteiger partial charge in [0.2, 0.25) is 0 Å². The second-order valence-corrected chi connectivity index (χ2v) is 4.68. The van der Waals surface area contributed by atoms with E-state index >= 15 is 0 Å². The predicted molar refractivity (Wildman–Crippen MR) is 67.9 cm³/mol. The van der Waals surface area contributed by atoms with Crippen molar-refractivity contribution in [1.82, 2.24) is 15.1 Å². The summed E-state index contributed by atoms with van der Waals surface area (Å²) in [5.41, 5.74) is 1.28. The van der Waals surface area contributed by atoms with Gasteiger partial charge >= 0.3 is 0 Å². The van der Waals surface area contributed by atoms with Gasteiger partial charge in [-0.25, -0.2) is 0 Å². The molecule has 2 rings (SSSR count). The van der Waals surface area contributed by atoms with Crippen molar-refractivity contribution in [1.29, 1.82) is 0 Å². The molecule has 1 saturated heterocycles. The molecule has 17 heavy (non-hydrogen) atoms. The molecule has 1 N–H and O–H groups in total. The summed E-state index contributed by atoms with van der Waals surface area (Å²) in [7, 11) is 2.02. The van der Waals surface area contributed by atoms with Crippen molar-refractivity contribution < 1.29 is 4.74 Å². The molecular formula is C13H23N3O. The predicted octanol–water partition coefficient (Wildman–Crippen LogP) is 2.12. The topological polar surface area (TPSA) is 39.1 Å². The van der Waals surface area contributed by atoms with Gasteiger partial charge in [0, 0.05) is 31.0 Å². The smallest absolute Gasteiger partial charge is 0.0576 e. The molecule has 2 heterocycles. The monoisotopic (exact) mass is 237 g/mol. The molecule has 2 unspecified atom stereocenters. The van der Waals surface area contributed by atoms with Crippen LogP contribution < -0.4 is 5.32 Å². The van der Waals surface area contributed by atoms with E-state index in [4.69, 9.17) is 4.74 Å². The molecule has 2 atom stereocenters. The Morgan fingerprint density at radius 3 is 3.12 bits per heavy atom. The van der Waals surface area contributed by atoms with E-state index in [0.29, 0.717) is 12.1 Å². The number of hydrogen-bond acceptors (Lipinski definition) is 3. The summed E-state index contributed by atoms with van der Waals surface area (Å²) in [5.74, 6) is 0. The highest BCUT2D eigenvalue weighted by molar-refractivity contribution is 5.10. The minimum atomic E-state index is 0.402. The van der Waals surface area contributed by atoms with Gasteiger partial charge in [-0.2, -0.15) is 5.10 Å². The van der Waals surface area contributed by atoms with Crippen LogP contribution in [0.5, 0.6) is 0 Å². The quantitative estimate of drug-likeness (QED) is 0.823. The van der Waals surface area contributed by atoms with Crippen LogP contribution in [0, 0.1) is 0 Å². The minimum Gasteiger partial charge on any atom is -0.378 e. The SMILES string of the molecule is CCn1cc(C(CCC2CCCO2)NC)cn1. The van der Waals surface area contributed by atoms with Crippen LogP contribution in [0.1, 0.15) is 44.2 Å². The molecule has 0 spiro atoms. The Bertz CT molecular complexity index is 331. The van der Waals surface area contributed by atoms with Crippen molar-refractivity contribution in [2.75, 3.05) is 13.7 Å². The van der Waals surface area contributed by atoms with Crippen molar-refractivity contribution in [2.24, 2.45) is 0 Å². The molecule has 4 heteroatoms. The lowest BCUT2D eigenvalue weighted by Crippen LogP contribution is -2.18. The maximum absolute atomic E-state index is 5.66. The highest BCUT2D eigenvalue weighted by Crippen LogP contribution is 2.23. The van der Waals surface area contributed by atoms with Crippen molar-refractivity contribution in [3.05, 3.63) is 18.0 Å².